The van der Waals surface area contributed by atoms with Gasteiger partial charge in [0.05, 0.1) is 5.02 Å². The van der Waals surface area contributed by atoms with Crippen LogP contribution in [0, 0.1) is 5.82 Å². The molecule has 0 amide bonds. The Labute approximate surface area is 176 Å². The quantitative estimate of drug-likeness (QED) is 0.289. The van der Waals surface area contributed by atoms with Crippen molar-refractivity contribution in [2.24, 2.45) is 0 Å². The fourth-order valence-corrected chi connectivity index (χ4v) is 3.10. The number of benzene rings is 1. The molecular weight excluding hydrogens is 433 g/mol. The van der Waals surface area contributed by atoms with Crippen LogP contribution in [0.2, 0.25) is 16.9 Å². The predicted octanol–water partition coefficient (Wildman–Crippen LogP) is 3.17. The zero-order valence-electron chi connectivity index (χ0n) is 14.6. The average Bonchev–Trinajstić information content (AvgIpc) is 2.63. The Morgan fingerprint density at radius 2 is 2.11 bits per heavy atom. The van der Waals surface area contributed by atoms with Gasteiger partial charge in [0.2, 0.25) is 0 Å². The SMILES string of the molecule is CB(O)N([B]C=O)c1nnc(C(=O)Cl)cc1OC(C)c1c(Cl)ccc(F)c1Cl. The van der Waals surface area contributed by atoms with E-state index >= 15 is 0 Å². The topological polar surface area (TPSA) is 92.6 Å². The molecule has 1 unspecified atom stereocenters. The second-order valence-electron chi connectivity index (χ2n) is 5.53. The second-order valence-corrected chi connectivity index (χ2v) is 6.66. The zero-order valence-corrected chi connectivity index (χ0v) is 16.8. The number of carbonyl (C=O) groups is 2. The predicted molar refractivity (Wildman–Crippen MR) is 106 cm³/mol. The van der Waals surface area contributed by atoms with Gasteiger partial charge in [-0.25, -0.2) is 4.39 Å². The molecule has 0 saturated carbocycles. The van der Waals surface area contributed by atoms with E-state index < -0.39 is 24.2 Å². The molecule has 1 atom stereocenters. The molecule has 7 nitrogen and oxygen atoms in total. The Morgan fingerprint density at radius 1 is 1.43 bits per heavy atom. The summed E-state index contributed by atoms with van der Waals surface area (Å²) in [5, 5.41) is 16.4. The highest BCUT2D eigenvalue weighted by atomic mass is 35.5. The second kappa shape index (κ2) is 9.56. The van der Waals surface area contributed by atoms with Gasteiger partial charge in [-0.1, -0.05) is 23.2 Å². The van der Waals surface area contributed by atoms with Crippen molar-refractivity contribution >= 4 is 66.5 Å². The average molecular weight is 445 g/mol. The summed E-state index contributed by atoms with van der Waals surface area (Å²) < 4.78 is 20.7. The number of hydrogen-bond donors (Lipinski definition) is 1. The highest BCUT2D eigenvalue weighted by Gasteiger charge is 2.27. The molecule has 2 rings (SSSR count). The van der Waals surface area contributed by atoms with Crippen LogP contribution in [0.1, 0.15) is 29.1 Å². The summed E-state index contributed by atoms with van der Waals surface area (Å²) in [5.74, 6) is -0.845. The van der Waals surface area contributed by atoms with Gasteiger partial charge in [0.1, 0.15) is 23.8 Å². The summed E-state index contributed by atoms with van der Waals surface area (Å²) in [6.07, 6.45) is -0.480. The molecule has 1 aromatic carbocycles. The third-order valence-corrected chi connectivity index (χ3v) is 4.51. The molecule has 1 N–H and O–H groups in total. The molecule has 0 saturated heterocycles. The van der Waals surface area contributed by atoms with Crippen LogP contribution >= 0.6 is 34.8 Å². The van der Waals surface area contributed by atoms with E-state index in [0.717, 1.165) is 18.2 Å². The molecule has 1 heterocycles. The summed E-state index contributed by atoms with van der Waals surface area (Å²) in [7, 11) is -0.188. The molecular formula is C15H12B2Cl3FN3O4. The van der Waals surface area contributed by atoms with Crippen LogP contribution in [0.15, 0.2) is 18.2 Å². The van der Waals surface area contributed by atoms with Crippen LogP contribution in [-0.2, 0) is 4.79 Å². The lowest BCUT2D eigenvalue weighted by atomic mass is 9.73. The van der Waals surface area contributed by atoms with E-state index in [1.54, 1.807) is 0 Å². The summed E-state index contributed by atoms with van der Waals surface area (Å²) in [5.41, 5.74) is -0.0755. The first-order chi connectivity index (χ1) is 13.2. The highest BCUT2D eigenvalue weighted by Crippen LogP contribution is 2.37. The number of rotatable bonds is 8. The maximum Gasteiger partial charge on any atom is 0.397 e. The lowest BCUT2D eigenvalue weighted by Crippen LogP contribution is -2.42. The fourth-order valence-electron chi connectivity index (χ4n) is 2.33. The molecule has 0 fully saturated rings. The van der Waals surface area contributed by atoms with Gasteiger partial charge in [0.15, 0.2) is 11.6 Å². The van der Waals surface area contributed by atoms with Crippen LogP contribution in [0.25, 0.3) is 0 Å². The smallest absolute Gasteiger partial charge is 0.397 e. The van der Waals surface area contributed by atoms with Crippen LogP contribution in [-0.4, -0.2) is 41.1 Å². The number of hydrogen-bond acceptors (Lipinski definition) is 7. The van der Waals surface area contributed by atoms with E-state index in [1.165, 1.54) is 25.9 Å². The minimum atomic E-state index is -1.18. The molecule has 145 valence electrons. The van der Waals surface area contributed by atoms with E-state index in [1.807, 2.05) is 0 Å². The minimum Gasteiger partial charge on any atom is -0.482 e. The van der Waals surface area contributed by atoms with Gasteiger partial charge in [-0.05, 0) is 37.5 Å². The highest BCUT2D eigenvalue weighted by molar-refractivity contribution is 6.82. The van der Waals surface area contributed by atoms with E-state index in [4.69, 9.17) is 39.5 Å². The maximum atomic E-state index is 13.8. The normalized spacial score (nSPS) is 11.5. The minimum absolute atomic E-state index is 0.0677. The van der Waals surface area contributed by atoms with Crippen LogP contribution in [0.5, 0.6) is 5.75 Å². The Hall–Kier alpha value is -1.87. The van der Waals surface area contributed by atoms with Gasteiger partial charge in [-0.2, -0.15) is 0 Å². The Balaban J connectivity index is 2.53. The first-order valence-electron chi connectivity index (χ1n) is 7.80. The molecule has 1 radical (unpaired) electrons. The molecule has 28 heavy (non-hydrogen) atoms. The van der Waals surface area contributed by atoms with Crippen molar-refractivity contribution in [3.05, 3.63) is 45.3 Å². The van der Waals surface area contributed by atoms with Gasteiger partial charge in [0, 0.05) is 16.7 Å². The Morgan fingerprint density at radius 3 is 2.68 bits per heavy atom. The van der Waals surface area contributed by atoms with Crippen molar-refractivity contribution in [2.75, 3.05) is 4.72 Å². The van der Waals surface area contributed by atoms with Crippen molar-refractivity contribution in [1.82, 2.24) is 10.2 Å². The largest absolute Gasteiger partial charge is 0.482 e. The third-order valence-electron chi connectivity index (χ3n) is 3.60. The molecule has 1 aromatic heterocycles. The number of aromatic nitrogens is 2. The molecule has 13 heteroatoms. The van der Waals surface area contributed by atoms with Crippen molar-refractivity contribution in [2.45, 2.75) is 19.9 Å². The Kier molecular flexibility index (Phi) is 7.65. The van der Waals surface area contributed by atoms with Gasteiger partial charge in [-0.15, -0.1) is 10.2 Å². The summed E-state index contributed by atoms with van der Waals surface area (Å²) in [6.45, 7) is 2.91. The molecule has 0 bridgehead atoms. The van der Waals surface area contributed by atoms with Crippen LogP contribution in [0.4, 0.5) is 10.2 Å². The summed E-state index contributed by atoms with van der Waals surface area (Å²) in [6, 6.07) is 3.60. The van der Waals surface area contributed by atoms with Gasteiger partial charge in [0.25, 0.3) is 5.24 Å². The first-order valence-corrected chi connectivity index (χ1v) is 8.93. The van der Waals surface area contributed by atoms with Crippen molar-refractivity contribution in [3.63, 3.8) is 0 Å². The van der Waals surface area contributed by atoms with E-state index in [9.17, 15) is 19.0 Å². The number of ether oxygens (including phenoxy) is 1. The number of nitrogens with zero attached hydrogens (tertiary/aromatic N) is 3. The standard InChI is InChI=1S/C15H12B2Cl3FN3O4/c1-7(12-8(18)3-4-9(21)13(12)19)28-11-5-10(14(20)26)22-23-15(11)24(16-6-25)17(2)27/h3-7,27H,1-2H3. The number of halogens is 4. The Bertz CT molecular complexity index is 907. The molecule has 0 aliphatic rings. The van der Waals surface area contributed by atoms with Gasteiger partial charge >= 0.3 is 14.5 Å². The third kappa shape index (κ3) is 4.94. The number of anilines is 1. The van der Waals surface area contributed by atoms with Crippen LogP contribution < -0.4 is 9.46 Å². The van der Waals surface area contributed by atoms with E-state index in [2.05, 4.69) is 10.2 Å². The lowest BCUT2D eigenvalue weighted by molar-refractivity contribution is 0.107. The molecule has 2 aromatic rings. The maximum absolute atomic E-state index is 13.8. The van der Waals surface area contributed by atoms with E-state index in [0.29, 0.717) is 6.19 Å². The molecule has 0 spiro atoms. The number of carbonyl (C=O) groups excluding carboxylic acids is 2. The summed E-state index contributed by atoms with van der Waals surface area (Å²) in [4.78, 5) is 22.3. The fraction of sp³-hybridized carbons (Fsp3) is 0.200. The zero-order chi connectivity index (χ0) is 21.0. The summed E-state index contributed by atoms with van der Waals surface area (Å²) >= 11 is 17.5. The van der Waals surface area contributed by atoms with Gasteiger partial charge in [-0.3, -0.25) is 4.79 Å². The molecule has 0 aliphatic carbocycles. The van der Waals surface area contributed by atoms with E-state index in [-0.39, 0.29) is 32.9 Å². The van der Waals surface area contributed by atoms with Crippen LogP contribution in [0.3, 0.4) is 0 Å². The monoisotopic (exact) mass is 444 g/mol. The van der Waals surface area contributed by atoms with Crippen molar-refractivity contribution in [1.29, 1.82) is 0 Å². The molecule has 0 aliphatic heterocycles. The van der Waals surface area contributed by atoms with Crippen molar-refractivity contribution < 1.29 is 23.7 Å². The van der Waals surface area contributed by atoms with Crippen molar-refractivity contribution in [3.8, 4) is 5.75 Å². The van der Waals surface area contributed by atoms with Gasteiger partial charge < -0.3 is 19.3 Å². The lowest BCUT2D eigenvalue weighted by Gasteiger charge is -2.26. The first kappa shape index (κ1) is 22.4.